The Morgan fingerprint density at radius 3 is 2.33 bits per heavy atom. The van der Waals surface area contributed by atoms with Crippen molar-refractivity contribution in [2.45, 2.75) is 13.0 Å². The molecule has 232 valence electrons. The van der Waals surface area contributed by atoms with E-state index in [1.54, 1.807) is 24.3 Å². The summed E-state index contributed by atoms with van der Waals surface area (Å²) in [5.41, 5.74) is 3.88. The number of anilines is 2. The van der Waals surface area contributed by atoms with Crippen molar-refractivity contribution in [3.8, 4) is 23.8 Å². The Balaban J connectivity index is 1.29. The molecule has 1 aromatic heterocycles. The second kappa shape index (κ2) is 14.3. The Labute approximate surface area is 266 Å². The summed E-state index contributed by atoms with van der Waals surface area (Å²) in [5.74, 6) is 1.87. The average Bonchev–Trinajstić information content (AvgIpc) is 3.07. The summed E-state index contributed by atoms with van der Waals surface area (Å²) in [6.07, 6.45) is 6.34. The number of rotatable bonds is 11. The SMILES string of the molecule is C#Cc1cccc(CN(C)CCc2ccc(NC(=O)c3cc(OC)c(OC)cc3NC(=O)c3cc(=O)c4ccccc4o3)cc2)c1. The van der Waals surface area contributed by atoms with Crippen LogP contribution in [0.5, 0.6) is 11.5 Å². The molecule has 0 fully saturated rings. The minimum Gasteiger partial charge on any atom is -0.493 e. The lowest BCUT2D eigenvalue weighted by atomic mass is 10.1. The van der Waals surface area contributed by atoms with Crippen molar-refractivity contribution in [2.75, 3.05) is 38.4 Å². The Bertz CT molecular complexity index is 1990. The molecule has 0 saturated carbocycles. The van der Waals surface area contributed by atoms with Crippen LogP contribution in [-0.2, 0) is 13.0 Å². The minimum atomic E-state index is -0.706. The van der Waals surface area contributed by atoms with Crippen LogP contribution in [0.2, 0.25) is 0 Å². The van der Waals surface area contributed by atoms with E-state index in [-0.39, 0.29) is 28.0 Å². The van der Waals surface area contributed by atoms with Gasteiger partial charge in [0.25, 0.3) is 11.8 Å². The van der Waals surface area contributed by atoms with Gasteiger partial charge in [-0.2, -0.15) is 0 Å². The van der Waals surface area contributed by atoms with Crippen LogP contribution in [0.3, 0.4) is 0 Å². The smallest absolute Gasteiger partial charge is 0.291 e. The van der Waals surface area contributed by atoms with Gasteiger partial charge in [0.15, 0.2) is 22.7 Å². The van der Waals surface area contributed by atoms with E-state index in [0.29, 0.717) is 22.6 Å². The molecule has 0 unspecified atom stereocenters. The molecule has 5 aromatic rings. The van der Waals surface area contributed by atoms with E-state index in [0.717, 1.165) is 42.3 Å². The van der Waals surface area contributed by atoms with Crippen LogP contribution in [0, 0.1) is 12.3 Å². The number of amides is 2. The van der Waals surface area contributed by atoms with Gasteiger partial charge in [-0.3, -0.25) is 14.4 Å². The number of methoxy groups -OCH3 is 2. The highest BCUT2D eigenvalue weighted by Crippen LogP contribution is 2.34. The van der Waals surface area contributed by atoms with Gasteiger partial charge in [0.05, 0.1) is 30.9 Å². The predicted octanol–water partition coefficient (Wildman–Crippen LogP) is 5.97. The van der Waals surface area contributed by atoms with Crippen LogP contribution in [0.25, 0.3) is 11.0 Å². The molecular weight excluding hydrogens is 582 g/mol. The van der Waals surface area contributed by atoms with Gasteiger partial charge in [-0.1, -0.05) is 42.3 Å². The van der Waals surface area contributed by atoms with E-state index in [9.17, 15) is 14.4 Å². The summed E-state index contributed by atoms with van der Waals surface area (Å²) >= 11 is 0. The first-order chi connectivity index (χ1) is 22.3. The number of carbonyl (C=O) groups excluding carboxylic acids is 2. The van der Waals surface area contributed by atoms with Crippen LogP contribution in [-0.4, -0.2) is 44.5 Å². The molecule has 2 N–H and O–H groups in total. The fraction of sp³-hybridized carbons (Fsp3) is 0.162. The highest BCUT2D eigenvalue weighted by atomic mass is 16.5. The second-order valence-electron chi connectivity index (χ2n) is 10.7. The molecule has 9 heteroatoms. The average molecular weight is 616 g/mol. The van der Waals surface area contributed by atoms with Crippen LogP contribution in [0.4, 0.5) is 11.4 Å². The summed E-state index contributed by atoms with van der Waals surface area (Å²) in [7, 11) is 4.96. The molecule has 0 spiro atoms. The van der Waals surface area contributed by atoms with Gasteiger partial charge in [-0.05, 0) is 67.1 Å². The maximum atomic E-state index is 13.5. The lowest BCUT2D eigenvalue weighted by Crippen LogP contribution is -2.21. The van der Waals surface area contributed by atoms with Crippen molar-refractivity contribution in [3.05, 3.63) is 129 Å². The Morgan fingerprint density at radius 1 is 0.848 bits per heavy atom. The number of benzene rings is 4. The van der Waals surface area contributed by atoms with Crippen molar-refractivity contribution < 1.29 is 23.5 Å². The first-order valence-corrected chi connectivity index (χ1v) is 14.5. The third-order valence-corrected chi connectivity index (χ3v) is 7.42. The van der Waals surface area contributed by atoms with E-state index in [1.807, 2.05) is 42.5 Å². The Kier molecular flexibility index (Phi) is 9.81. The molecule has 0 aliphatic heterocycles. The van der Waals surface area contributed by atoms with Crippen LogP contribution >= 0.6 is 0 Å². The zero-order valence-corrected chi connectivity index (χ0v) is 25.8. The number of carbonyl (C=O) groups is 2. The Morgan fingerprint density at radius 2 is 1.59 bits per heavy atom. The van der Waals surface area contributed by atoms with Crippen LogP contribution in [0.15, 0.2) is 100 Å². The van der Waals surface area contributed by atoms with E-state index in [4.69, 9.17) is 20.3 Å². The maximum Gasteiger partial charge on any atom is 0.291 e. The van der Waals surface area contributed by atoms with Gasteiger partial charge < -0.3 is 29.4 Å². The third-order valence-electron chi connectivity index (χ3n) is 7.42. The molecule has 0 bridgehead atoms. The second-order valence-corrected chi connectivity index (χ2v) is 10.7. The standard InChI is InChI=1S/C37H33N3O6/c1-5-24-9-8-10-26(19-24)23-40(2)18-17-25-13-15-27(16-14-25)38-36(42)29-20-33(44-3)34(45-4)21-30(29)39-37(43)35-22-31(41)28-11-6-7-12-32(28)46-35/h1,6-16,19-22H,17-18,23H2,2-4H3,(H,38,42)(H,39,43). The lowest BCUT2D eigenvalue weighted by molar-refractivity contribution is 0.0997. The number of para-hydroxylation sites is 1. The van der Waals surface area contributed by atoms with Crippen LogP contribution < -0.4 is 25.5 Å². The molecule has 0 aliphatic rings. The van der Waals surface area contributed by atoms with E-state index in [1.165, 1.54) is 26.4 Å². The van der Waals surface area contributed by atoms with Crippen molar-refractivity contribution >= 4 is 34.2 Å². The fourth-order valence-electron chi connectivity index (χ4n) is 4.99. The van der Waals surface area contributed by atoms with E-state index in [2.05, 4.69) is 34.6 Å². The monoisotopic (exact) mass is 615 g/mol. The van der Waals surface area contributed by atoms with Crippen molar-refractivity contribution in [3.63, 3.8) is 0 Å². The summed E-state index contributed by atoms with van der Waals surface area (Å²) in [4.78, 5) is 41.5. The number of fused-ring (bicyclic) bond motifs is 1. The summed E-state index contributed by atoms with van der Waals surface area (Å²) in [6, 6.07) is 26.2. The van der Waals surface area contributed by atoms with E-state index < -0.39 is 11.8 Å². The summed E-state index contributed by atoms with van der Waals surface area (Å²) < 4.78 is 16.5. The fourth-order valence-corrected chi connectivity index (χ4v) is 4.99. The molecule has 46 heavy (non-hydrogen) atoms. The van der Waals surface area contributed by atoms with Gasteiger partial charge in [-0.15, -0.1) is 6.42 Å². The molecule has 0 aliphatic carbocycles. The number of nitrogens with one attached hydrogen (secondary N) is 2. The van der Waals surface area contributed by atoms with Gasteiger partial charge in [0, 0.05) is 36.5 Å². The molecule has 9 nitrogen and oxygen atoms in total. The third kappa shape index (κ3) is 7.44. The molecule has 4 aromatic carbocycles. The first kappa shape index (κ1) is 31.6. The van der Waals surface area contributed by atoms with E-state index >= 15 is 0 Å². The molecule has 1 heterocycles. The zero-order valence-electron chi connectivity index (χ0n) is 25.8. The minimum absolute atomic E-state index is 0.119. The highest BCUT2D eigenvalue weighted by Gasteiger charge is 2.21. The number of likely N-dealkylation sites (N-methyl/N-ethyl adjacent to an activating group) is 1. The Hall–Kier alpha value is -5.85. The summed E-state index contributed by atoms with van der Waals surface area (Å²) in [5, 5.41) is 5.93. The number of ether oxygens (including phenoxy) is 2. The van der Waals surface area contributed by atoms with Gasteiger partial charge >= 0.3 is 0 Å². The van der Waals surface area contributed by atoms with Crippen molar-refractivity contribution in [1.82, 2.24) is 4.90 Å². The lowest BCUT2D eigenvalue weighted by Gasteiger charge is -2.17. The molecule has 2 amide bonds. The first-order valence-electron chi connectivity index (χ1n) is 14.5. The largest absolute Gasteiger partial charge is 0.493 e. The number of nitrogens with zero attached hydrogens (tertiary/aromatic N) is 1. The topological polar surface area (TPSA) is 110 Å². The highest BCUT2D eigenvalue weighted by molar-refractivity contribution is 6.12. The van der Waals surface area contributed by atoms with Gasteiger partial charge in [-0.25, -0.2) is 0 Å². The zero-order chi connectivity index (χ0) is 32.6. The summed E-state index contributed by atoms with van der Waals surface area (Å²) in [6.45, 7) is 1.61. The molecule has 0 atom stereocenters. The number of hydrogen-bond donors (Lipinski definition) is 2. The predicted molar refractivity (Wildman–Crippen MR) is 179 cm³/mol. The van der Waals surface area contributed by atoms with Gasteiger partial charge in [0.2, 0.25) is 0 Å². The van der Waals surface area contributed by atoms with Gasteiger partial charge in [0.1, 0.15) is 5.58 Å². The normalized spacial score (nSPS) is 10.8. The molecule has 0 radical (unpaired) electrons. The molecule has 0 saturated heterocycles. The molecule has 5 rings (SSSR count). The number of hydrogen-bond acceptors (Lipinski definition) is 7. The van der Waals surface area contributed by atoms with Crippen molar-refractivity contribution in [2.24, 2.45) is 0 Å². The molecular formula is C37H33N3O6. The van der Waals surface area contributed by atoms with Crippen molar-refractivity contribution in [1.29, 1.82) is 0 Å². The number of terminal acetylenes is 1. The maximum absolute atomic E-state index is 13.5. The van der Waals surface area contributed by atoms with Crippen LogP contribution in [0.1, 0.15) is 37.6 Å². The quantitative estimate of drug-likeness (QED) is 0.176.